The molecule has 2 heterocycles. The Morgan fingerprint density at radius 2 is 1.78 bits per heavy atom. The smallest absolute Gasteiger partial charge is 0.493 e. The van der Waals surface area contributed by atoms with Crippen LogP contribution in [0.1, 0.15) is 0 Å². The van der Waals surface area contributed by atoms with E-state index in [0.717, 1.165) is 18.2 Å². The minimum Gasteiger partial charge on any atom is -0.493 e. The molecule has 0 unspecified atom stereocenters. The Balaban J connectivity index is 1.80. The lowest BCUT2D eigenvalue weighted by atomic mass is 10.1. The number of benzene rings is 2. The maximum Gasteiger partial charge on any atom is 0.573 e. The average Bonchev–Trinajstić information content (AvgIpc) is 3.44. The fraction of sp³-hybridized carbons (Fsp3) is 0.158. The van der Waals surface area contributed by atoms with E-state index in [-0.39, 0.29) is 34.4 Å². The average molecular weight is 451 g/mol. The summed E-state index contributed by atoms with van der Waals surface area (Å²) in [4.78, 5) is 3.82. The number of hydrogen-bond donors (Lipinski definition) is 0. The van der Waals surface area contributed by atoms with Gasteiger partial charge in [0.05, 0.1) is 25.5 Å². The number of halogens is 4. The summed E-state index contributed by atoms with van der Waals surface area (Å²) < 4.78 is 73.4. The van der Waals surface area contributed by atoms with Crippen molar-refractivity contribution >= 4 is 0 Å². The Kier molecular flexibility index (Phi) is 5.38. The van der Waals surface area contributed by atoms with Gasteiger partial charge in [0.1, 0.15) is 18.4 Å². The maximum absolute atomic E-state index is 14.3. The standard InChI is InChI=1S/C19H13F4N5O4/c1-29-15-6-10(5-13(20)16(15)30-2)17-26-27-18(31-17)12-7-11(32-19(21,22)23)3-4-14(12)28-9-24-8-25-28/h3-9H,1-2H3. The lowest BCUT2D eigenvalue weighted by molar-refractivity contribution is -0.274. The van der Waals surface area contributed by atoms with Crippen LogP contribution in [0.5, 0.6) is 17.2 Å². The number of alkyl halides is 3. The van der Waals surface area contributed by atoms with Gasteiger partial charge in [0, 0.05) is 5.56 Å². The molecule has 0 amide bonds. The second-order valence-electron chi connectivity index (χ2n) is 6.17. The van der Waals surface area contributed by atoms with Gasteiger partial charge in [-0.05, 0) is 30.3 Å². The van der Waals surface area contributed by atoms with Crippen LogP contribution in [0, 0.1) is 5.82 Å². The van der Waals surface area contributed by atoms with E-state index in [0.29, 0.717) is 5.69 Å². The van der Waals surface area contributed by atoms with Crippen molar-refractivity contribution in [1.82, 2.24) is 25.0 Å². The Bertz CT molecular complexity index is 1240. The molecular formula is C19H13F4N5O4. The number of methoxy groups -OCH3 is 2. The van der Waals surface area contributed by atoms with Crippen LogP contribution in [0.3, 0.4) is 0 Å². The lowest BCUT2D eigenvalue weighted by Crippen LogP contribution is -2.17. The first-order valence-corrected chi connectivity index (χ1v) is 8.79. The highest BCUT2D eigenvalue weighted by atomic mass is 19.4. The van der Waals surface area contributed by atoms with E-state index >= 15 is 0 Å². The van der Waals surface area contributed by atoms with Gasteiger partial charge in [0.2, 0.25) is 11.8 Å². The van der Waals surface area contributed by atoms with Crippen LogP contribution in [0.4, 0.5) is 17.6 Å². The molecule has 0 saturated carbocycles. The molecule has 0 atom stereocenters. The molecule has 166 valence electrons. The molecule has 0 spiro atoms. The van der Waals surface area contributed by atoms with Gasteiger partial charge < -0.3 is 18.6 Å². The second-order valence-corrected chi connectivity index (χ2v) is 6.17. The van der Waals surface area contributed by atoms with E-state index in [2.05, 4.69) is 25.0 Å². The minimum atomic E-state index is -4.90. The summed E-state index contributed by atoms with van der Waals surface area (Å²) in [7, 11) is 2.62. The van der Waals surface area contributed by atoms with Gasteiger partial charge in [0.25, 0.3) is 0 Å². The summed E-state index contributed by atoms with van der Waals surface area (Å²) in [5.74, 6) is -1.52. The molecule has 0 aliphatic heterocycles. The van der Waals surface area contributed by atoms with Crippen LogP contribution in [0.15, 0.2) is 47.4 Å². The Labute approximate surface area is 177 Å². The van der Waals surface area contributed by atoms with Crippen molar-refractivity contribution in [2.45, 2.75) is 6.36 Å². The number of aromatic nitrogens is 5. The molecule has 9 nitrogen and oxygen atoms in total. The summed E-state index contributed by atoms with van der Waals surface area (Å²) in [5.41, 5.74) is 0.548. The monoisotopic (exact) mass is 451 g/mol. The maximum atomic E-state index is 14.3. The van der Waals surface area contributed by atoms with Gasteiger partial charge in [-0.25, -0.2) is 14.1 Å². The van der Waals surface area contributed by atoms with E-state index in [1.165, 1.54) is 43.7 Å². The highest BCUT2D eigenvalue weighted by molar-refractivity contribution is 5.69. The zero-order valence-corrected chi connectivity index (χ0v) is 16.4. The minimum absolute atomic E-state index is 0.0805. The zero-order chi connectivity index (χ0) is 22.9. The van der Waals surface area contributed by atoms with Crippen molar-refractivity contribution in [1.29, 1.82) is 0 Å². The highest BCUT2D eigenvalue weighted by Crippen LogP contribution is 2.37. The molecule has 13 heteroatoms. The van der Waals surface area contributed by atoms with Crippen LogP contribution in [-0.2, 0) is 0 Å². The number of ether oxygens (including phenoxy) is 3. The number of rotatable bonds is 6. The summed E-state index contributed by atoms with van der Waals surface area (Å²) >= 11 is 0. The first kappa shape index (κ1) is 21.1. The van der Waals surface area contributed by atoms with E-state index < -0.39 is 17.9 Å². The fourth-order valence-corrected chi connectivity index (χ4v) is 2.91. The van der Waals surface area contributed by atoms with Crippen molar-refractivity contribution < 1.29 is 36.2 Å². The van der Waals surface area contributed by atoms with Gasteiger partial charge in [-0.3, -0.25) is 0 Å². The number of nitrogens with zero attached hydrogens (tertiary/aromatic N) is 5. The molecule has 32 heavy (non-hydrogen) atoms. The molecule has 4 rings (SSSR count). The molecule has 0 saturated heterocycles. The third-order valence-corrected chi connectivity index (χ3v) is 4.20. The third-order valence-electron chi connectivity index (χ3n) is 4.20. The summed E-state index contributed by atoms with van der Waals surface area (Å²) in [6, 6.07) is 6.01. The van der Waals surface area contributed by atoms with Gasteiger partial charge >= 0.3 is 6.36 Å². The Hall–Kier alpha value is -4.16. The molecule has 0 fully saturated rings. The van der Waals surface area contributed by atoms with Crippen LogP contribution in [0.2, 0.25) is 0 Å². The first-order valence-electron chi connectivity index (χ1n) is 8.79. The molecule has 4 aromatic rings. The van der Waals surface area contributed by atoms with Crippen molar-refractivity contribution in [2.24, 2.45) is 0 Å². The molecule has 0 N–H and O–H groups in total. The van der Waals surface area contributed by atoms with Crippen LogP contribution in [-0.4, -0.2) is 45.5 Å². The Morgan fingerprint density at radius 1 is 1.00 bits per heavy atom. The van der Waals surface area contributed by atoms with E-state index in [1.807, 2.05) is 0 Å². The quantitative estimate of drug-likeness (QED) is 0.405. The SMILES string of the molecule is COc1cc(-c2nnc(-c3cc(OC(F)(F)F)ccc3-n3cncn3)o2)cc(F)c1OC. The fourth-order valence-electron chi connectivity index (χ4n) is 2.91. The first-order chi connectivity index (χ1) is 15.3. The lowest BCUT2D eigenvalue weighted by Gasteiger charge is -2.12. The molecule has 2 aromatic heterocycles. The summed E-state index contributed by atoms with van der Waals surface area (Å²) in [6.45, 7) is 0. The van der Waals surface area contributed by atoms with E-state index in [4.69, 9.17) is 13.9 Å². The Morgan fingerprint density at radius 3 is 2.44 bits per heavy atom. The largest absolute Gasteiger partial charge is 0.573 e. The van der Waals surface area contributed by atoms with E-state index in [1.54, 1.807) is 0 Å². The van der Waals surface area contributed by atoms with Crippen LogP contribution >= 0.6 is 0 Å². The predicted molar refractivity (Wildman–Crippen MR) is 99.8 cm³/mol. The second kappa shape index (κ2) is 8.17. The summed E-state index contributed by atoms with van der Waals surface area (Å²) in [6.07, 6.45) is -2.32. The van der Waals surface area contributed by atoms with Crippen LogP contribution < -0.4 is 14.2 Å². The van der Waals surface area contributed by atoms with Crippen molar-refractivity contribution in [3.8, 4) is 45.8 Å². The molecule has 0 aliphatic rings. The molecule has 2 aromatic carbocycles. The van der Waals surface area contributed by atoms with E-state index in [9.17, 15) is 17.6 Å². The van der Waals surface area contributed by atoms with Gasteiger partial charge in [0.15, 0.2) is 17.3 Å². The molecule has 0 radical (unpaired) electrons. The molecular weight excluding hydrogens is 438 g/mol. The van der Waals surface area contributed by atoms with Crippen LogP contribution in [0.25, 0.3) is 28.6 Å². The zero-order valence-electron chi connectivity index (χ0n) is 16.4. The van der Waals surface area contributed by atoms with Crippen molar-refractivity contribution in [3.63, 3.8) is 0 Å². The molecule has 0 aliphatic carbocycles. The molecule has 0 bridgehead atoms. The highest BCUT2D eigenvalue weighted by Gasteiger charge is 2.31. The summed E-state index contributed by atoms with van der Waals surface area (Å²) in [5, 5.41) is 11.7. The topological polar surface area (TPSA) is 97.3 Å². The number of hydrogen-bond acceptors (Lipinski definition) is 8. The van der Waals surface area contributed by atoms with Crippen molar-refractivity contribution in [2.75, 3.05) is 14.2 Å². The predicted octanol–water partition coefficient (Wildman–Crippen LogP) is 4.04. The van der Waals surface area contributed by atoms with Gasteiger partial charge in [-0.15, -0.1) is 23.4 Å². The van der Waals surface area contributed by atoms with Crippen molar-refractivity contribution in [3.05, 3.63) is 48.8 Å². The van der Waals surface area contributed by atoms with Gasteiger partial charge in [-0.1, -0.05) is 0 Å². The normalized spacial score (nSPS) is 11.4. The van der Waals surface area contributed by atoms with Gasteiger partial charge in [-0.2, -0.15) is 5.10 Å². The third kappa shape index (κ3) is 4.17.